The zero-order valence-corrected chi connectivity index (χ0v) is 13.6. The van der Waals surface area contributed by atoms with Crippen LogP contribution in [-0.4, -0.2) is 33.5 Å². The number of likely N-dealkylation sites (tertiary alicyclic amines) is 1. The molecule has 0 spiro atoms. The molecule has 2 heterocycles. The fourth-order valence-electron chi connectivity index (χ4n) is 3.24. The molecule has 0 aliphatic carbocycles. The van der Waals surface area contributed by atoms with Gasteiger partial charge in [-0.05, 0) is 31.2 Å². The Kier molecular flexibility index (Phi) is 5.05. The third-order valence-corrected chi connectivity index (χ3v) is 4.44. The summed E-state index contributed by atoms with van der Waals surface area (Å²) >= 11 is 0. The van der Waals surface area contributed by atoms with Gasteiger partial charge < -0.3 is 9.42 Å². The molecule has 122 valence electrons. The van der Waals surface area contributed by atoms with E-state index in [1.807, 2.05) is 18.2 Å². The normalized spacial score (nSPS) is 17.6. The molecule has 5 nitrogen and oxygen atoms in total. The van der Waals surface area contributed by atoms with Crippen molar-refractivity contribution in [3.8, 4) is 0 Å². The molecule has 2 aromatic rings. The van der Waals surface area contributed by atoms with Crippen LogP contribution in [0.3, 0.4) is 0 Å². The van der Waals surface area contributed by atoms with Crippen LogP contribution in [-0.2, 0) is 17.6 Å². The van der Waals surface area contributed by atoms with E-state index in [0.29, 0.717) is 18.4 Å². The number of aryl methyl sites for hydroxylation is 3. The molecule has 3 rings (SSSR count). The first-order valence-electron chi connectivity index (χ1n) is 8.35. The molecule has 1 atom stereocenters. The maximum Gasteiger partial charge on any atom is 0.223 e. The summed E-state index contributed by atoms with van der Waals surface area (Å²) in [6.07, 6.45) is 5.25. The fraction of sp³-hybridized carbons (Fsp3) is 0.500. The van der Waals surface area contributed by atoms with Crippen molar-refractivity contribution in [2.45, 2.75) is 51.5 Å². The van der Waals surface area contributed by atoms with Crippen LogP contribution in [0.1, 0.15) is 43.0 Å². The third-order valence-electron chi connectivity index (χ3n) is 4.44. The quantitative estimate of drug-likeness (QED) is 0.822. The second-order valence-electron chi connectivity index (χ2n) is 6.14. The number of amides is 1. The van der Waals surface area contributed by atoms with Crippen molar-refractivity contribution >= 4 is 5.91 Å². The number of hydrogen-bond donors (Lipinski definition) is 0. The number of carbonyl (C=O) groups is 1. The molecule has 0 N–H and O–H groups in total. The van der Waals surface area contributed by atoms with Crippen molar-refractivity contribution in [2.24, 2.45) is 0 Å². The standard InChI is InChI=1S/C18H23N3O2/c1-14-19-17(20-23-14)11-10-16-8-5-13-21(16)18(22)12-9-15-6-3-2-4-7-15/h2-4,6-7,16H,5,8-13H2,1H3. The van der Waals surface area contributed by atoms with Crippen molar-refractivity contribution < 1.29 is 9.32 Å². The van der Waals surface area contributed by atoms with Gasteiger partial charge in [0.25, 0.3) is 0 Å². The van der Waals surface area contributed by atoms with Crippen LogP contribution in [0, 0.1) is 6.92 Å². The number of hydrogen-bond acceptors (Lipinski definition) is 4. The van der Waals surface area contributed by atoms with Crippen LogP contribution in [0.25, 0.3) is 0 Å². The van der Waals surface area contributed by atoms with Gasteiger partial charge in [0.2, 0.25) is 11.8 Å². The maximum absolute atomic E-state index is 12.5. The van der Waals surface area contributed by atoms with Crippen molar-refractivity contribution in [1.82, 2.24) is 15.0 Å². The predicted molar refractivity (Wildman–Crippen MR) is 86.9 cm³/mol. The van der Waals surface area contributed by atoms with Crippen LogP contribution < -0.4 is 0 Å². The second-order valence-corrected chi connectivity index (χ2v) is 6.14. The summed E-state index contributed by atoms with van der Waals surface area (Å²) in [7, 11) is 0. The summed E-state index contributed by atoms with van der Waals surface area (Å²) in [5.74, 6) is 1.61. The van der Waals surface area contributed by atoms with E-state index in [1.165, 1.54) is 5.56 Å². The van der Waals surface area contributed by atoms with E-state index in [-0.39, 0.29) is 5.91 Å². The number of carbonyl (C=O) groups excluding carboxylic acids is 1. The van der Waals surface area contributed by atoms with Gasteiger partial charge in [-0.1, -0.05) is 35.5 Å². The predicted octanol–water partition coefficient (Wildman–Crippen LogP) is 2.93. The molecule has 1 aliphatic rings. The molecule has 1 aliphatic heterocycles. The number of benzene rings is 1. The Bertz CT molecular complexity index is 639. The molecular weight excluding hydrogens is 290 g/mol. The topological polar surface area (TPSA) is 59.2 Å². The van der Waals surface area contributed by atoms with Gasteiger partial charge >= 0.3 is 0 Å². The molecule has 1 aromatic carbocycles. The zero-order chi connectivity index (χ0) is 16.1. The first-order valence-corrected chi connectivity index (χ1v) is 8.35. The largest absolute Gasteiger partial charge is 0.340 e. The van der Waals surface area contributed by atoms with E-state index >= 15 is 0 Å². The van der Waals surface area contributed by atoms with E-state index in [9.17, 15) is 4.79 Å². The summed E-state index contributed by atoms with van der Waals surface area (Å²) in [5, 5.41) is 3.93. The molecule has 23 heavy (non-hydrogen) atoms. The average molecular weight is 313 g/mol. The van der Waals surface area contributed by atoms with Crippen molar-refractivity contribution in [3.63, 3.8) is 0 Å². The van der Waals surface area contributed by atoms with Crippen LogP contribution in [0.15, 0.2) is 34.9 Å². The van der Waals surface area contributed by atoms with Crippen molar-refractivity contribution in [3.05, 3.63) is 47.6 Å². The summed E-state index contributed by atoms with van der Waals surface area (Å²) in [5.41, 5.74) is 1.22. The first kappa shape index (κ1) is 15.7. The highest BCUT2D eigenvalue weighted by Crippen LogP contribution is 2.22. The minimum atomic E-state index is 0.264. The Hall–Kier alpha value is -2.17. The van der Waals surface area contributed by atoms with Gasteiger partial charge in [0.1, 0.15) is 0 Å². The molecule has 1 fully saturated rings. The smallest absolute Gasteiger partial charge is 0.223 e. The lowest BCUT2D eigenvalue weighted by atomic mass is 10.1. The molecule has 0 bridgehead atoms. The summed E-state index contributed by atoms with van der Waals surface area (Å²) < 4.78 is 5.00. The number of aromatic nitrogens is 2. The minimum absolute atomic E-state index is 0.264. The van der Waals surface area contributed by atoms with Crippen molar-refractivity contribution in [1.29, 1.82) is 0 Å². The van der Waals surface area contributed by atoms with Gasteiger partial charge in [-0.3, -0.25) is 4.79 Å². The van der Waals surface area contributed by atoms with Gasteiger partial charge in [0.05, 0.1) is 0 Å². The molecule has 1 saturated heterocycles. The highest BCUT2D eigenvalue weighted by molar-refractivity contribution is 5.77. The monoisotopic (exact) mass is 313 g/mol. The highest BCUT2D eigenvalue weighted by Gasteiger charge is 2.28. The molecular formula is C18H23N3O2. The van der Waals surface area contributed by atoms with E-state index < -0.39 is 0 Å². The lowest BCUT2D eigenvalue weighted by Crippen LogP contribution is -2.36. The summed E-state index contributed by atoms with van der Waals surface area (Å²) in [6, 6.07) is 10.5. The summed E-state index contributed by atoms with van der Waals surface area (Å²) in [6.45, 7) is 2.68. The molecule has 5 heteroatoms. The second kappa shape index (κ2) is 7.40. The molecule has 0 radical (unpaired) electrons. The van der Waals surface area contributed by atoms with Gasteiger partial charge in [-0.2, -0.15) is 4.98 Å². The maximum atomic E-state index is 12.5. The molecule has 1 aromatic heterocycles. The Morgan fingerprint density at radius 3 is 2.87 bits per heavy atom. The zero-order valence-electron chi connectivity index (χ0n) is 13.6. The van der Waals surface area contributed by atoms with E-state index in [0.717, 1.165) is 44.5 Å². The van der Waals surface area contributed by atoms with Gasteiger partial charge in [0.15, 0.2) is 5.82 Å². The van der Waals surface area contributed by atoms with E-state index in [1.54, 1.807) is 6.92 Å². The highest BCUT2D eigenvalue weighted by atomic mass is 16.5. The molecule has 1 unspecified atom stereocenters. The van der Waals surface area contributed by atoms with E-state index in [4.69, 9.17) is 4.52 Å². The Balaban J connectivity index is 1.50. The fourth-order valence-corrected chi connectivity index (χ4v) is 3.24. The van der Waals surface area contributed by atoms with Crippen LogP contribution in [0.2, 0.25) is 0 Å². The van der Waals surface area contributed by atoms with Gasteiger partial charge in [-0.25, -0.2) is 0 Å². The summed E-state index contributed by atoms with van der Waals surface area (Å²) in [4.78, 5) is 18.8. The lowest BCUT2D eigenvalue weighted by Gasteiger charge is -2.24. The van der Waals surface area contributed by atoms with Crippen molar-refractivity contribution in [2.75, 3.05) is 6.54 Å². The SMILES string of the molecule is Cc1nc(CCC2CCCN2C(=O)CCc2ccccc2)no1. The number of nitrogens with zero attached hydrogens (tertiary/aromatic N) is 3. The van der Waals surface area contributed by atoms with Crippen LogP contribution >= 0.6 is 0 Å². The minimum Gasteiger partial charge on any atom is -0.340 e. The van der Waals surface area contributed by atoms with Crippen LogP contribution in [0.4, 0.5) is 0 Å². The average Bonchev–Trinajstić information content (AvgIpc) is 3.20. The Morgan fingerprint density at radius 2 is 2.13 bits per heavy atom. The molecule has 0 saturated carbocycles. The Labute approximate surface area is 136 Å². The Morgan fingerprint density at radius 1 is 1.30 bits per heavy atom. The number of rotatable bonds is 6. The van der Waals surface area contributed by atoms with E-state index in [2.05, 4.69) is 27.2 Å². The van der Waals surface area contributed by atoms with Crippen LogP contribution in [0.5, 0.6) is 0 Å². The lowest BCUT2D eigenvalue weighted by molar-refractivity contribution is -0.132. The molecule has 1 amide bonds. The van der Waals surface area contributed by atoms with Gasteiger partial charge in [-0.15, -0.1) is 0 Å². The third kappa shape index (κ3) is 4.18. The first-order chi connectivity index (χ1) is 11.2. The van der Waals surface area contributed by atoms with Gasteiger partial charge in [0, 0.05) is 32.4 Å².